The topological polar surface area (TPSA) is 84.0 Å². The van der Waals surface area contributed by atoms with Gasteiger partial charge in [-0.1, -0.05) is 24.6 Å². The van der Waals surface area contributed by atoms with Crippen LogP contribution in [0.1, 0.15) is 29.6 Å². The van der Waals surface area contributed by atoms with Crippen LogP contribution in [0.4, 0.5) is 0 Å². The van der Waals surface area contributed by atoms with Gasteiger partial charge in [-0.3, -0.25) is 4.79 Å². The van der Waals surface area contributed by atoms with Gasteiger partial charge < -0.3 is 9.64 Å². The van der Waals surface area contributed by atoms with E-state index in [-0.39, 0.29) is 16.4 Å². The molecule has 1 aromatic carbocycles. The first-order valence-electron chi connectivity index (χ1n) is 9.17. The fourth-order valence-electron chi connectivity index (χ4n) is 2.93. The maximum absolute atomic E-state index is 12.8. The molecule has 0 saturated carbocycles. The molecule has 0 aromatic heterocycles. The molecular weight excluding hydrogens is 380 g/mol. The third-order valence-corrected chi connectivity index (χ3v) is 6.30. The Kier molecular flexibility index (Phi) is 7.95. The molecule has 1 heterocycles. The predicted molar refractivity (Wildman–Crippen MR) is 106 cm³/mol. The predicted octanol–water partition coefficient (Wildman–Crippen LogP) is 2.22. The van der Waals surface area contributed by atoms with E-state index in [4.69, 9.17) is 4.74 Å². The molecule has 0 spiro atoms. The lowest BCUT2D eigenvalue weighted by Crippen LogP contribution is -2.35. The van der Waals surface area contributed by atoms with Crippen molar-refractivity contribution >= 4 is 21.9 Å². The summed E-state index contributed by atoms with van der Waals surface area (Å²) < 4.78 is 32.0. The zero-order valence-electron chi connectivity index (χ0n) is 15.9. The van der Waals surface area contributed by atoms with Crippen LogP contribution in [0.3, 0.4) is 0 Å². The number of amides is 1. The highest BCUT2D eigenvalue weighted by Gasteiger charge is 2.26. The summed E-state index contributed by atoms with van der Waals surface area (Å²) in [4.78, 5) is 25.9. The Labute approximate surface area is 166 Å². The van der Waals surface area contributed by atoms with Crippen LogP contribution in [0.25, 0.3) is 0 Å². The van der Waals surface area contributed by atoms with Gasteiger partial charge in [0.05, 0.1) is 10.5 Å². The molecule has 1 fully saturated rings. The molecule has 1 aromatic rings. The summed E-state index contributed by atoms with van der Waals surface area (Å²) in [7, 11) is -3.65. The largest absolute Gasteiger partial charge is 0.452 e. The number of esters is 1. The van der Waals surface area contributed by atoms with Crippen molar-refractivity contribution in [1.29, 1.82) is 0 Å². The average Bonchev–Trinajstić information content (AvgIpc) is 2.72. The highest BCUT2D eigenvalue weighted by Crippen LogP contribution is 2.21. The van der Waals surface area contributed by atoms with Gasteiger partial charge in [0.1, 0.15) is 0 Å². The Morgan fingerprint density at radius 2 is 1.75 bits per heavy atom. The SMILES string of the molecule is C=CCN(CC=C)C(=O)COC(=O)c1cccc(S(=O)(=O)N2CCCCC2)c1. The van der Waals surface area contributed by atoms with Crippen molar-refractivity contribution in [3.63, 3.8) is 0 Å². The number of sulfonamides is 1. The fraction of sp³-hybridized carbons (Fsp3) is 0.400. The maximum atomic E-state index is 12.8. The van der Waals surface area contributed by atoms with Crippen LogP contribution in [-0.2, 0) is 19.6 Å². The second-order valence-electron chi connectivity index (χ2n) is 6.44. The number of hydrogen-bond acceptors (Lipinski definition) is 5. The highest BCUT2D eigenvalue weighted by atomic mass is 32.2. The van der Waals surface area contributed by atoms with Crippen molar-refractivity contribution in [2.75, 3.05) is 32.8 Å². The molecule has 0 radical (unpaired) electrons. The highest BCUT2D eigenvalue weighted by molar-refractivity contribution is 7.89. The lowest BCUT2D eigenvalue weighted by Gasteiger charge is -2.26. The van der Waals surface area contributed by atoms with Crippen molar-refractivity contribution in [2.45, 2.75) is 24.2 Å². The standard InChI is InChI=1S/C20H26N2O5S/c1-3-11-21(12-4-2)19(23)16-27-20(24)17-9-8-10-18(15-17)28(25,26)22-13-6-5-7-14-22/h3-4,8-10,15H,1-2,5-7,11-14,16H2. The van der Waals surface area contributed by atoms with Crippen LogP contribution in [0.15, 0.2) is 54.5 Å². The molecule has 28 heavy (non-hydrogen) atoms. The molecule has 1 amide bonds. The number of hydrogen-bond donors (Lipinski definition) is 0. The quantitative estimate of drug-likeness (QED) is 0.464. The average molecular weight is 407 g/mol. The zero-order chi connectivity index (χ0) is 20.6. The fourth-order valence-corrected chi connectivity index (χ4v) is 4.49. The molecule has 0 unspecified atom stereocenters. The monoisotopic (exact) mass is 406 g/mol. The molecule has 1 aliphatic rings. The molecule has 0 aliphatic carbocycles. The summed E-state index contributed by atoms with van der Waals surface area (Å²) in [5.41, 5.74) is 0.0878. The second-order valence-corrected chi connectivity index (χ2v) is 8.38. The van der Waals surface area contributed by atoms with Gasteiger partial charge in [0.25, 0.3) is 5.91 Å². The Morgan fingerprint density at radius 3 is 2.36 bits per heavy atom. The van der Waals surface area contributed by atoms with Gasteiger partial charge in [-0.05, 0) is 31.0 Å². The number of ether oxygens (including phenoxy) is 1. The number of carbonyl (C=O) groups is 2. The van der Waals surface area contributed by atoms with Gasteiger partial charge in [-0.25, -0.2) is 13.2 Å². The van der Waals surface area contributed by atoms with Gasteiger partial charge in [0.2, 0.25) is 10.0 Å². The van der Waals surface area contributed by atoms with Gasteiger partial charge in [-0.2, -0.15) is 4.31 Å². The number of rotatable bonds is 9. The molecule has 7 nitrogen and oxygen atoms in total. The van der Waals surface area contributed by atoms with Crippen LogP contribution >= 0.6 is 0 Å². The Balaban J connectivity index is 2.06. The van der Waals surface area contributed by atoms with Gasteiger partial charge in [-0.15, -0.1) is 13.2 Å². The first-order valence-corrected chi connectivity index (χ1v) is 10.6. The van der Waals surface area contributed by atoms with Crippen LogP contribution in [-0.4, -0.2) is 62.3 Å². The van der Waals surface area contributed by atoms with Crippen LogP contribution < -0.4 is 0 Å². The summed E-state index contributed by atoms with van der Waals surface area (Å²) in [6.07, 6.45) is 5.81. The lowest BCUT2D eigenvalue weighted by atomic mass is 10.2. The lowest BCUT2D eigenvalue weighted by molar-refractivity contribution is -0.133. The molecule has 0 N–H and O–H groups in total. The van der Waals surface area contributed by atoms with E-state index in [1.165, 1.54) is 33.5 Å². The Bertz CT molecular complexity index is 819. The van der Waals surface area contributed by atoms with Gasteiger partial charge in [0, 0.05) is 26.2 Å². The molecule has 2 rings (SSSR count). The number of benzene rings is 1. The van der Waals surface area contributed by atoms with Crippen molar-refractivity contribution in [1.82, 2.24) is 9.21 Å². The van der Waals surface area contributed by atoms with Crippen molar-refractivity contribution in [2.24, 2.45) is 0 Å². The molecule has 8 heteroatoms. The molecule has 0 atom stereocenters. The summed E-state index contributed by atoms with van der Waals surface area (Å²) in [5, 5.41) is 0. The van der Waals surface area contributed by atoms with Crippen molar-refractivity contribution < 1.29 is 22.7 Å². The molecular formula is C20H26N2O5S. The van der Waals surface area contributed by atoms with E-state index in [1.54, 1.807) is 12.2 Å². The zero-order valence-corrected chi connectivity index (χ0v) is 16.7. The number of carbonyl (C=O) groups excluding carboxylic acids is 2. The van der Waals surface area contributed by atoms with E-state index in [9.17, 15) is 18.0 Å². The van der Waals surface area contributed by atoms with Crippen molar-refractivity contribution in [3.05, 3.63) is 55.1 Å². The summed E-state index contributed by atoms with van der Waals surface area (Å²) in [6.45, 7) is 8.31. The minimum Gasteiger partial charge on any atom is -0.452 e. The Morgan fingerprint density at radius 1 is 1.11 bits per heavy atom. The molecule has 1 aliphatic heterocycles. The van der Waals surface area contributed by atoms with Crippen molar-refractivity contribution in [3.8, 4) is 0 Å². The molecule has 0 bridgehead atoms. The van der Waals surface area contributed by atoms with E-state index >= 15 is 0 Å². The molecule has 152 valence electrons. The minimum absolute atomic E-state index is 0.0510. The van der Waals surface area contributed by atoms with E-state index in [1.807, 2.05) is 0 Å². The first kappa shape index (κ1) is 21.8. The third kappa shape index (κ3) is 5.53. The first-order chi connectivity index (χ1) is 13.4. The Hall–Kier alpha value is -2.45. The van der Waals surface area contributed by atoms with Gasteiger partial charge >= 0.3 is 5.97 Å². The summed E-state index contributed by atoms with van der Waals surface area (Å²) in [6, 6.07) is 5.72. The van der Waals surface area contributed by atoms with Crippen LogP contribution in [0.5, 0.6) is 0 Å². The normalized spacial score (nSPS) is 14.9. The molecule has 1 saturated heterocycles. The smallest absolute Gasteiger partial charge is 0.338 e. The van der Waals surface area contributed by atoms with Crippen LogP contribution in [0, 0.1) is 0 Å². The third-order valence-electron chi connectivity index (χ3n) is 4.40. The minimum atomic E-state index is -3.65. The second kappa shape index (κ2) is 10.2. The maximum Gasteiger partial charge on any atom is 0.338 e. The van der Waals surface area contributed by atoms with E-state index in [0.717, 1.165) is 19.3 Å². The summed E-state index contributed by atoms with van der Waals surface area (Å²) >= 11 is 0. The summed E-state index contributed by atoms with van der Waals surface area (Å²) in [5.74, 6) is -1.13. The van der Waals surface area contributed by atoms with Crippen LogP contribution in [0.2, 0.25) is 0 Å². The van der Waals surface area contributed by atoms with Gasteiger partial charge in [0.15, 0.2) is 6.61 Å². The van der Waals surface area contributed by atoms with E-state index < -0.39 is 22.6 Å². The van der Waals surface area contributed by atoms with E-state index in [2.05, 4.69) is 13.2 Å². The van der Waals surface area contributed by atoms with E-state index in [0.29, 0.717) is 26.2 Å². The number of nitrogens with zero attached hydrogens (tertiary/aromatic N) is 2. The number of piperidine rings is 1.